The van der Waals surface area contributed by atoms with Crippen LogP contribution in [0.3, 0.4) is 0 Å². The van der Waals surface area contributed by atoms with Crippen LogP contribution in [0.1, 0.15) is 45.8 Å². The van der Waals surface area contributed by atoms with E-state index in [4.69, 9.17) is 4.74 Å². The third-order valence-electron chi connectivity index (χ3n) is 3.60. The number of carbonyl (C=O) groups is 1. The van der Waals surface area contributed by atoms with Gasteiger partial charge in [-0.25, -0.2) is 0 Å². The first-order chi connectivity index (χ1) is 9.99. The molecule has 1 amide bonds. The van der Waals surface area contributed by atoms with Crippen molar-refractivity contribution in [2.24, 2.45) is 5.92 Å². The third-order valence-corrected chi connectivity index (χ3v) is 4.30. The molecule has 118 valence electrons. The highest BCUT2D eigenvalue weighted by atomic mass is 32.1. The van der Waals surface area contributed by atoms with Gasteiger partial charge in [0.15, 0.2) is 0 Å². The van der Waals surface area contributed by atoms with Crippen molar-refractivity contribution in [1.82, 2.24) is 10.2 Å². The molecule has 0 bridgehead atoms. The van der Waals surface area contributed by atoms with E-state index in [1.54, 1.807) is 11.3 Å². The number of hydrogen-bond donors (Lipinski definition) is 1. The maximum absolute atomic E-state index is 12.6. The van der Waals surface area contributed by atoms with E-state index in [0.29, 0.717) is 19.1 Å². The molecule has 0 aromatic carbocycles. The number of rotatable bonds is 7. The second-order valence-corrected chi connectivity index (χ2v) is 7.04. The van der Waals surface area contributed by atoms with E-state index in [-0.39, 0.29) is 24.2 Å². The number of carbonyl (C=O) groups excluding carboxylic acids is 1. The molecular formula is C16H26N2O2S. The molecule has 2 atom stereocenters. The summed E-state index contributed by atoms with van der Waals surface area (Å²) in [5, 5.41) is 7.66. The lowest BCUT2D eigenvalue weighted by atomic mass is 10.0. The maximum Gasteiger partial charge on any atom is 0.241 e. The van der Waals surface area contributed by atoms with Crippen LogP contribution < -0.4 is 5.32 Å². The number of nitrogens with zero attached hydrogens (tertiary/aromatic N) is 1. The van der Waals surface area contributed by atoms with Crippen LogP contribution >= 0.6 is 11.3 Å². The van der Waals surface area contributed by atoms with Gasteiger partial charge in [-0.2, -0.15) is 11.3 Å². The average molecular weight is 310 g/mol. The molecule has 21 heavy (non-hydrogen) atoms. The Kier molecular flexibility index (Phi) is 5.79. The highest BCUT2D eigenvalue weighted by Gasteiger charge is 2.39. The summed E-state index contributed by atoms with van der Waals surface area (Å²) < 4.78 is 5.62. The van der Waals surface area contributed by atoms with Gasteiger partial charge < -0.3 is 9.64 Å². The summed E-state index contributed by atoms with van der Waals surface area (Å²) in [5.41, 5.74) is 1.17. The summed E-state index contributed by atoms with van der Waals surface area (Å²) in [6.45, 7) is 9.56. The zero-order chi connectivity index (χ0) is 15.4. The van der Waals surface area contributed by atoms with Crippen LogP contribution in [-0.4, -0.2) is 36.1 Å². The fourth-order valence-electron chi connectivity index (χ4n) is 2.65. The second kappa shape index (κ2) is 7.38. The van der Waals surface area contributed by atoms with Gasteiger partial charge >= 0.3 is 0 Å². The summed E-state index contributed by atoms with van der Waals surface area (Å²) in [7, 11) is 0. The zero-order valence-electron chi connectivity index (χ0n) is 13.3. The monoisotopic (exact) mass is 310 g/mol. The Labute approximate surface area is 131 Å². The van der Waals surface area contributed by atoms with Crippen molar-refractivity contribution in [2.75, 3.05) is 13.2 Å². The molecule has 2 unspecified atom stereocenters. The predicted molar refractivity (Wildman–Crippen MR) is 86.2 cm³/mol. The molecule has 1 aliphatic heterocycles. The summed E-state index contributed by atoms with van der Waals surface area (Å²) in [6.07, 6.45) is 1.06. The molecule has 1 fully saturated rings. The van der Waals surface area contributed by atoms with Crippen molar-refractivity contribution in [3.63, 3.8) is 0 Å². The number of ether oxygens (including phenoxy) is 1. The van der Waals surface area contributed by atoms with E-state index in [1.165, 1.54) is 5.56 Å². The molecule has 0 spiro atoms. The molecule has 1 aromatic heterocycles. The smallest absolute Gasteiger partial charge is 0.241 e. The van der Waals surface area contributed by atoms with Crippen molar-refractivity contribution >= 4 is 17.2 Å². The van der Waals surface area contributed by atoms with Gasteiger partial charge in [0.05, 0.1) is 18.8 Å². The van der Waals surface area contributed by atoms with E-state index in [2.05, 4.69) is 36.0 Å². The molecule has 1 aromatic rings. The predicted octanol–water partition coefficient (Wildman–Crippen LogP) is 3.02. The molecule has 1 N–H and O–H groups in total. The van der Waals surface area contributed by atoms with Crippen LogP contribution in [0, 0.1) is 5.92 Å². The first-order valence-electron chi connectivity index (χ1n) is 7.69. The topological polar surface area (TPSA) is 41.6 Å². The molecule has 1 aliphatic rings. The van der Waals surface area contributed by atoms with Crippen molar-refractivity contribution < 1.29 is 9.53 Å². The van der Waals surface area contributed by atoms with Crippen LogP contribution in [0.2, 0.25) is 0 Å². The van der Waals surface area contributed by atoms with E-state index in [9.17, 15) is 4.79 Å². The largest absolute Gasteiger partial charge is 0.377 e. The highest BCUT2D eigenvalue weighted by Crippen LogP contribution is 2.28. The Morgan fingerprint density at radius 2 is 2.14 bits per heavy atom. The lowest BCUT2D eigenvalue weighted by Crippen LogP contribution is -2.34. The fourth-order valence-corrected chi connectivity index (χ4v) is 3.33. The molecule has 5 heteroatoms. The molecule has 2 rings (SSSR count). The van der Waals surface area contributed by atoms with Crippen LogP contribution in [0.5, 0.6) is 0 Å². The molecular weight excluding hydrogens is 284 g/mol. The maximum atomic E-state index is 12.6. The number of amides is 1. The Balaban J connectivity index is 2.06. The van der Waals surface area contributed by atoms with Crippen LogP contribution in [-0.2, 0) is 9.53 Å². The molecule has 1 saturated heterocycles. The van der Waals surface area contributed by atoms with Gasteiger partial charge in [-0.05, 0) is 48.6 Å². The molecule has 0 aliphatic carbocycles. The van der Waals surface area contributed by atoms with E-state index in [1.807, 2.05) is 18.7 Å². The third kappa shape index (κ3) is 4.28. The van der Waals surface area contributed by atoms with Gasteiger partial charge in [-0.15, -0.1) is 0 Å². The van der Waals surface area contributed by atoms with Gasteiger partial charge in [0, 0.05) is 6.54 Å². The summed E-state index contributed by atoms with van der Waals surface area (Å²) in [6, 6.07) is 2.01. The lowest BCUT2D eigenvalue weighted by molar-refractivity contribution is -0.131. The Morgan fingerprint density at radius 3 is 2.71 bits per heavy atom. The van der Waals surface area contributed by atoms with E-state index < -0.39 is 0 Å². The molecule has 4 nitrogen and oxygen atoms in total. The van der Waals surface area contributed by atoms with E-state index in [0.717, 1.165) is 6.42 Å². The highest BCUT2D eigenvalue weighted by molar-refractivity contribution is 7.07. The number of thiophene rings is 1. The summed E-state index contributed by atoms with van der Waals surface area (Å²) in [5.74, 6) is 0.702. The van der Waals surface area contributed by atoms with Crippen LogP contribution in [0.15, 0.2) is 16.8 Å². The first kappa shape index (κ1) is 16.5. The SMILES string of the molecule is CC(C)CC1NC(c2ccsc2)N(CCOC(C)C)C1=O. The summed E-state index contributed by atoms with van der Waals surface area (Å²) in [4.78, 5) is 14.6. The molecule has 0 saturated carbocycles. The Hall–Kier alpha value is -0.910. The minimum Gasteiger partial charge on any atom is -0.377 e. The Morgan fingerprint density at radius 1 is 1.38 bits per heavy atom. The second-order valence-electron chi connectivity index (χ2n) is 6.26. The zero-order valence-corrected chi connectivity index (χ0v) is 14.2. The quantitative estimate of drug-likeness (QED) is 0.842. The van der Waals surface area contributed by atoms with Gasteiger partial charge in [0.2, 0.25) is 5.91 Å². The average Bonchev–Trinajstić information content (AvgIpc) is 3.00. The van der Waals surface area contributed by atoms with Gasteiger partial charge in [0.1, 0.15) is 6.17 Å². The van der Waals surface area contributed by atoms with Gasteiger partial charge in [-0.1, -0.05) is 13.8 Å². The molecule has 0 radical (unpaired) electrons. The van der Waals surface area contributed by atoms with Crippen molar-refractivity contribution in [3.05, 3.63) is 22.4 Å². The number of hydrogen-bond acceptors (Lipinski definition) is 4. The first-order valence-corrected chi connectivity index (χ1v) is 8.63. The fraction of sp³-hybridized carbons (Fsp3) is 0.688. The van der Waals surface area contributed by atoms with Crippen molar-refractivity contribution in [2.45, 2.75) is 52.4 Å². The van der Waals surface area contributed by atoms with Gasteiger partial charge in [-0.3, -0.25) is 10.1 Å². The summed E-state index contributed by atoms with van der Waals surface area (Å²) >= 11 is 1.66. The normalized spacial score (nSPS) is 22.8. The minimum atomic E-state index is -0.0750. The van der Waals surface area contributed by atoms with Crippen LogP contribution in [0.4, 0.5) is 0 Å². The Bertz CT molecular complexity index is 445. The lowest BCUT2D eigenvalue weighted by Gasteiger charge is -2.24. The van der Waals surface area contributed by atoms with E-state index >= 15 is 0 Å². The number of nitrogens with one attached hydrogen (secondary N) is 1. The molecule has 2 heterocycles. The van der Waals surface area contributed by atoms with Gasteiger partial charge in [0.25, 0.3) is 0 Å². The van der Waals surface area contributed by atoms with Crippen molar-refractivity contribution in [1.29, 1.82) is 0 Å². The standard InChI is InChI=1S/C16H26N2O2S/c1-11(2)9-14-16(19)18(6-7-20-12(3)4)15(17-14)13-5-8-21-10-13/h5,8,10-12,14-15,17H,6-7,9H2,1-4H3. The minimum absolute atomic E-state index is 0.0109. The van der Waals surface area contributed by atoms with Crippen molar-refractivity contribution in [3.8, 4) is 0 Å². The van der Waals surface area contributed by atoms with Crippen LogP contribution in [0.25, 0.3) is 0 Å².